The van der Waals surface area contributed by atoms with Crippen LogP contribution in [0.4, 0.5) is 4.39 Å². The van der Waals surface area contributed by atoms with Crippen molar-refractivity contribution in [3.05, 3.63) is 17.8 Å². The van der Waals surface area contributed by atoms with Crippen LogP contribution in [0, 0.1) is 6.92 Å². The molecule has 5 nitrogen and oxygen atoms in total. The predicted octanol–water partition coefficient (Wildman–Crippen LogP) is 0.918. The first-order chi connectivity index (χ1) is 7.06. The molecule has 0 aliphatic rings. The van der Waals surface area contributed by atoms with Gasteiger partial charge >= 0.3 is 5.97 Å². The Kier molecular flexibility index (Phi) is 3.79. The summed E-state index contributed by atoms with van der Waals surface area (Å²) in [6.45, 7) is 3.16. The number of ether oxygens (including phenoxy) is 1. The number of esters is 1. The molecule has 84 valence electrons. The largest absolute Gasteiger partial charge is 0.464 e. The summed E-state index contributed by atoms with van der Waals surface area (Å²) in [4.78, 5) is 14.7. The quantitative estimate of drug-likeness (QED) is 0.759. The second-order valence-electron chi connectivity index (χ2n) is 2.89. The number of alkyl halides is 1. The van der Waals surface area contributed by atoms with Crippen molar-refractivity contribution in [3.63, 3.8) is 0 Å². The minimum atomic E-state index is -2.14. The van der Waals surface area contributed by atoms with Crippen molar-refractivity contribution in [3.8, 4) is 0 Å². The van der Waals surface area contributed by atoms with Crippen molar-refractivity contribution in [2.45, 2.75) is 26.1 Å². The van der Waals surface area contributed by atoms with Crippen LogP contribution in [0.25, 0.3) is 0 Å². The van der Waals surface area contributed by atoms with Gasteiger partial charge in [0, 0.05) is 6.92 Å². The van der Waals surface area contributed by atoms with Crippen LogP contribution in [0.15, 0.2) is 10.7 Å². The Morgan fingerprint density at radius 2 is 2.47 bits per heavy atom. The first-order valence-corrected chi connectivity index (χ1v) is 4.47. The number of hydrogen-bond donors (Lipinski definition) is 1. The Bertz CT molecular complexity index is 339. The second kappa shape index (κ2) is 4.88. The van der Waals surface area contributed by atoms with Gasteiger partial charge in [-0.15, -0.1) is 0 Å². The van der Waals surface area contributed by atoms with Gasteiger partial charge in [0.05, 0.1) is 6.61 Å². The summed E-state index contributed by atoms with van der Waals surface area (Å²) in [6.07, 6.45) is -2.69. The third-order valence-electron chi connectivity index (χ3n) is 1.73. The SMILES string of the molecule is CCOC(=O)[C@H](F)[C@@H](O)c1coc(C)n1. The summed E-state index contributed by atoms with van der Waals surface area (Å²) in [5.74, 6) is -0.814. The summed E-state index contributed by atoms with van der Waals surface area (Å²) in [5.41, 5.74) is -0.0203. The van der Waals surface area contributed by atoms with E-state index < -0.39 is 18.2 Å². The van der Waals surface area contributed by atoms with Gasteiger partial charge in [0.25, 0.3) is 0 Å². The monoisotopic (exact) mass is 217 g/mol. The molecule has 15 heavy (non-hydrogen) atoms. The fourth-order valence-electron chi connectivity index (χ4n) is 1.02. The van der Waals surface area contributed by atoms with E-state index in [0.717, 1.165) is 6.26 Å². The maximum atomic E-state index is 13.3. The molecule has 0 amide bonds. The Labute approximate surface area is 85.9 Å². The molecule has 1 rings (SSSR count). The van der Waals surface area contributed by atoms with Crippen molar-refractivity contribution < 1.29 is 23.4 Å². The number of aliphatic hydroxyl groups excluding tert-OH is 1. The molecule has 1 aromatic heterocycles. The van der Waals surface area contributed by atoms with Crippen LogP contribution < -0.4 is 0 Å². The van der Waals surface area contributed by atoms with Gasteiger partial charge in [-0.3, -0.25) is 0 Å². The van der Waals surface area contributed by atoms with Gasteiger partial charge in [0.2, 0.25) is 6.17 Å². The van der Waals surface area contributed by atoms with Crippen LogP contribution in [0.3, 0.4) is 0 Å². The van der Waals surface area contributed by atoms with E-state index in [2.05, 4.69) is 9.72 Å². The Morgan fingerprint density at radius 3 is 2.93 bits per heavy atom. The third-order valence-corrected chi connectivity index (χ3v) is 1.73. The van der Waals surface area contributed by atoms with E-state index in [1.807, 2.05) is 0 Å². The summed E-state index contributed by atoms with van der Waals surface area (Å²) < 4.78 is 22.5. The number of halogens is 1. The molecule has 0 aliphatic heterocycles. The average Bonchev–Trinajstić information content (AvgIpc) is 2.63. The fourth-order valence-corrected chi connectivity index (χ4v) is 1.02. The summed E-state index contributed by atoms with van der Waals surface area (Å²) in [6, 6.07) is 0. The van der Waals surface area contributed by atoms with E-state index in [1.54, 1.807) is 13.8 Å². The first kappa shape index (κ1) is 11.6. The number of carbonyl (C=O) groups excluding carboxylic acids is 1. The number of aliphatic hydroxyl groups is 1. The molecule has 0 aromatic carbocycles. The highest BCUT2D eigenvalue weighted by atomic mass is 19.1. The third kappa shape index (κ3) is 2.76. The molecule has 0 fully saturated rings. The van der Waals surface area contributed by atoms with Crippen molar-refractivity contribution in [2.75, 3.05) is 6.61 Å². The standard InChI is InChI=1S/C9H12FNO4/c1-3-14-9(13)7(10)8(12)6-4-15-5(2)11-6/h4,7-8,12H,3H2,1-2H3/t7-,8+/m1/s1. The molecular weight excluding hydrogens is 205 g/mol. The van der Waals surface area contributed by atoms with Crippen LogP contribution in [0.2, 0.25) is 0 Å². The van der Waals surface area contributed by atoms with E-state index in [0.29, 0.717) is 5.89 Å². The maximum absolute atomic E-state index is 13.3. The highest BCUT2D eigenvalue weighted by Crippen LogP contribution is 2.19. The van der Waals surface area contributed by atoms with Crippen LogP contribution >= 0.6 is 0 Å². The number of aromatic nitrogens is 1. The highest BCUT2D eigenvalue weighted by molar-refractivity contribution is 5.75. The molecule has 0 spiro atoms. The normalized spacial score (nSPS) is 14.7. The van der Waals surface area contributed by atoms with Crippen molar-refractivity contribution in [1.82, 2.24) is 4.98 Å². The van der Waals surface area contributed by atoms with E-state index >= 15 is 0 Å². The van der Waals surface area contributed by atoms with Crippen molar-refractivity contribution >= 4 is 5.97 Å². The predicted molar refractivity (Wildman–Crippen MR) is 47.7 cm³/mol. The molecule has 0 aliphatic carbocycles. The molecule has 0 radical (unpaired) electrons. The van der Waals surface area contributed by atoms with Gasteiger partial charge in [-0.25, -0.2) is 14.2 Å². The lowest BCUT2D eigenvalue weighted by atomic mass is 10.2. The first-order valence-electron chi connectivity index (χ1n) is 4.47. The smallest absolute Gasteiger partial charge is 0.343 e. The van der Waals surface area contributed by atoms with Crippen molar-refractivity contribution in [2.24, 2.45) is 0 Å². The summed E-state index contributed by atoms with van der Waals surface area (Å²) in [7, 11) is 0. The van der Waals surface area contributed by atoms with E-state index in [-0.39, 0.29) is 12.3 Å². The van der Waals surface area contributed by atoms with Gasteiger partial charge in [0.15, 0.2) is 5.89 Å². The van der Waals surface area contributed by atoms with Crippen molar-refractivity contribution in [1.29, 1.82) is 0 Å². The average molecular weight is 217 g/mol. The van der Waals surface area contributed by atoms with Crippen LogP contribution in [-0.2, 0) is 9.53 Å². The lowest BCUT2D eigenvalue weighted by Crippen LogP contribution is -2.26. The Morgan fingerprint density at radius 1 is 1.80 bits per heavy atom. The molecule has 0 unspecified atom stereocenters. The molecule has 0 saturated carbocycles. The van der Waals surface area contributed by atoms with Gasteiger partial charge in [0.1, 0.15) is 18.1 Å². The van der Waals surface area contributed by atoms with Crippen LogP contribution in [0.1, 0.15) is 24.6 Å². The lowest BCUT2D eigenvalue weighted by Gasteiger charge is -2.11. The Balaban J connectivity index is 2.67. The molecule has 1 heterocycles. The van der Waals surface area contributed by atoms with Gasteiger partial charge < -0.3 is 14.3 Å². The van der Waals surface area contributed by atoms with E-state index in [1.165, 1.54) is 0 Å². The molecule has 0 bridgehead atoms. The second-order valence-corrected chi connectivity index (χ2v) is 2.89. The molecule has 1 aromatic rings. The molecule has 1 N–H and O–H groups in total. The lowest BCUT2D eigenvalue weighted by molar-refractivity contribution is -0.153. The summed E-state index contributed by atoms with van der Waals surface area (Å²) >= 11 is 0. The zero-order chi connectivity index (χ0) is 11.4. The number of hydrogen-bond acceptors (Lipinski definition) is 5. The number of rotatable bonds is 4. The van der Waals surface area contributed by atoms with Gasteiger partial charge in [-0.2, -0.15) is 0 Å². The van der Waals surface area contributed by atoms with Crippen LogP contribution in [-0.4, -0.2) is 28.8 Å². The summed E-state index contributed by atoms with van der Waals surface area (Å²) in [5, 5.41) is 9.40. The van der Waals surface area contributed by atoms with Gasteiger partial charge in [-0.05, 0) is 6.92 Å². The minimum absolute atomic E-state index is 0.0203. The molecule has 6 heteroatoms. The molecule has 2 atom stereocenters. The van der Waals surface area contributed by atoms with Gasteiger partial charge in [-0.1, -0.05) is 0 Å². The highest BCUT2D eigenvalue weighted by Gasteiger charge is 2.31. The number of carbonyl (C=O) groups is 1. The Hall–Kier alpha value is -1.43. The zero-order valence-electron chi connectivity index (χ0n) is 8.44. The van der Waals surface area contributed by atoms with E-state index in [4.69, 9.17) is 4.42 Å². The number of oxazole rings is 1. The maximum Gasteiger partial charge on any atom is 0.343 e. The molecular formula is C9H12FNO4. The fraction of sp³-hybridized carbons (Fsp3) is 0.556. The topological polar surface area (TPSA) is 72.6 Å². The molecule has 0 saturated heterocycles. The number of nitrogens with zero attached hydrogens (tertiary/aromatic N) is 1. The zero-order valence-corrected chi connectivity index (χ0v) is 8.44. The number of aryl methyl sites for hydroxylation is 1. The minimum Gasteiger partial charge on any atom is -0.464 e. The van der Waals surface area contributed by atoms with E-state index in [9.17, 15) is 14.3 Å². The van der Waals surface area contributed by atoms with Crippen LogP contribution in [0.5, 0.6) is 0 Å².